The molecule has 19 heavy (non-hydrogen) atoms. The third-order valence-electron chi connectivity index (χ3n) is 3.56. The third kappa shape index (κ3) is 8.79. The third-order valence-corrected chi connectivity index (χ3v) is 3.56. The molecule has 0 spiro atoms. The summed E-state index contributed by atoms with van der Waals surface area (Å²) in [5.74, 6) is 0. The Labute approximate surface area is 119 Å². The zero-order chi connectivity index (χ0) is 13.2. The molecule has 0 fully saturated rings. The molecule has 1 aromatic carbocycles. The van der Waals surface area contributed by atoms with Crippen molar-refractivity contribution < 1.29 is 5.48 Å². The van der Waals surface area contributed by atoms with E-state index >= 15 is 0 Å². The van der Waals surface area contributed by atoms with Crippen molar-refractivity contribution in [2.75, 3.05) is 20.6 Å². The van der Waals surface area contributed by atoms with Crippen LogP contribution < -0.4 is 0 Å². The molecule has 0 aliphatic carbocycles. The van der Waals surface area contributed by atoms with Crippen LogP contribution in [0.1, 0.15) is 49.7 Å². The molecule has 110 valence electrons. The van der Waals surface area contributed by atoms with Crippen molar-refractivity contribution in [2.24, 2.45) is 0 Å². The predicted molar refractivity (Wildman–Crippen MR) is 84.8 cm³/mol. The van der Waals surface area contributed by atoms with Crippen molar-refractivity contribution >= 4 is 0 Å². The highest BCUT2D eigenvalue weighted by atomic mass is 16.0. The van der Waals surface area contributed by atoms with Gasteiger partial charge in [0.2, 0.25) is 0 Å². The van der Waals surface area contributed by atoms with Gasteiger partial charge in [0.1, 0.15) is 0 Å². The summed E-state index contributed by atoms with van der Waals surface area (Å²) in [5.41, 5.74) is 2.98. The Morgan fingerprint density at radius 2 is 1.42 bits per heavy atom. The first-order chi connectivity index (χ1) is 8.70. The summed E-state index contributed by atoms with van der Waals surface area (Å²) in [4.78, 5) is 2.28. The SMILES string of the molecule is Cc1ccccc1CCCCCCCCN(C)C.O. The molecule has 0 aromatic heterocycles. The van der Waals surface area contributed by atoms with E-state index in [2.05, 4.69) is 50.2 Å². The van der Waals surface area contributed by atoms with E-state index in [0.717, 1.165) is 0 Å². The number of hydrogen-bond acceptors (Lipinski definition) is 1. The molecule has 2 heteroatoms. The molecule has 0 atom stereocenters. The molecule has 2 N–H and O–H groups in total. The summed E-state index contributed by atoms with van der Waals surface area (Å²) in [6.45, 7) is 3.46. The number of rotatable bonds is 9. The van der Waals surface area contributed by atoms with Gasteiger partial charge in [-0.1, -0.05) is 49.9 Å². The van der Waals surface area contributed by atoms with E-state index in [4.69, 9.17) is 0 Å². The molecule has 0 unspecified atom stereocenters. The topological polar surface area (TPSA) is 34.7 Å². The van der Waals surface area contributed by atoms with Crippen LogP contribution in [-0.2, 0) is 6.42 Å². The fraction of sp³-hybridized carbons (Fsp3) is 0.647. The van der Waals surface area contributed by atoms with E-state index in [1.165, 1.54) is 62.6 Å². The normalized spacial score (nSPS) is 10.5. The summed E-state index contributed by atoms with van der Waals surface area (Å²) in [6, 6.07) is 8.77. The lowest BCUT2D eigenvalue weighted by molar-refractivity contribution is 0.389. The molecule has 0 saturated heterocycles. The molecule has 0 heterocycles. The zero-order valence-corrected chi connectivity index (χ0v) is 12.9. The van der Waals surface area contributed by atoms with Gasteiger partial charge >= 0.3 is 0 Å². The molecule has 0 aliphatic rings. The lowest BCUT2D eigenvalue weighted by Gasteiger charge is -2.08. The second-order valence-corrected chi connectivity index (χ2v) is 5.60. The highest BCUT2D eigenvalue weighted by molar-refractivity contribution is 5.25. The number of unbranched alkanes of at least 4 members (excludes halogenated alkanes) is 5. The van der Waals surface area contributed by atoms with E-state index in [0.29, 0.717) is 0 Å². The van der Waals surface area contributed by atoms with Gasteiger partial charge in [-0.3, -0.25) is 0 Å². The van der Waals surface area contributed by atoms with Gasteiger partial charge in [0.25, 0.3) is 0 Å². The average Bonchev–Trinajstić information content (AvgIpc) is 2.34. The van der Waals surface area contributed by atoms with Crippen LogP contribution in [0.5, 0.6) is 0 Å². The van der Waals surface area contributed by atoms with Crippen LogP contribution in [0.4, 0.5) is 0 Å². The van der Waals surface area contributed by atoms with Crippen molar-refractivity contribution in [2.45, 2.75) is 51.9 Å². The Kier molecular flexibility index (Phi) is 10.5. The molecular weight excluding hydrogens is 234 g/mol. The Balaban J connectivity index is 0.00000324. The van der Waals surface area contributed by atoms with Gasteiger partial charge in [0.05, 0.1) is 0 Å². The lowest BCUT2D eigenvalue weighted by atomic mass is 10.0. The summed E-state index contributed by atoms with van der Waals surface area (Å²) < 4.78 is 0. The van der Waals surface area contributed by atoms with E-state index in [9.17, 15) is 0 Å². The smallest absolute Gasteiger partial charge is 0.00248 e. The van der Waals surface area contributed by atoms with Crippen LogP contribution in [0, 0.1) is 6.92 Å². The summed E-state index contributed by atoms with van der Waals surface area (Å²) in [5, 5.41) is 0. The van der Waals surface area contributed by atoms with Crippen LogP contribution in [0.15, 0.2) is 24.3 Å². The molecule has 0 amide bonds. The molecule has 0 saturated carbocycles. The van der Waals surface area contributed by atoms with Gasteiger partial charge in [-0.2, -0.15) is 0 Å². The first-order valence-electron chi connectivity index (χ1n) is 7.39. The summed E-state index contributed by atoms with van der Waals surface area (Å²) in [6.07, 6.45) is 9.54. The van der Waals surface area contributed by atoms with Crippen LogP contribution >= 0.6 is 0 Å². The van der Waals surface area contributed by atoms with Crippen molar-refractivity contribution in [3.8, 4) is 0 Å². The van der Waals surface area contributed by atoms with Gasteiger partial charge in [0, 0.05) is 0 Å². The number of aryl methyl sites for hydroxylation is 2. The minimum atomic E-state index is 0. The van der Waals surface area contributed by atoms with Crippen molar-refractivity contribution in [1.82, 2.24) is 4.90 Å². The molecule has 2 nitrogen and oxygen atoms in total. The summed E-state index contributed by atoms with van der Waals surface area (Å²) in [7, 11) is 4.31. The maximum atomic E-state index is 2.28. The number of hydrogen-bond donors (Lipinski definition) is 0. The second-order valence-electron chi connectivity index (χ2n) is 5.60. The highest BCUT2D eigenvalue weighted by Crippen LogP contribution is 2.13. The second kappa shape index (κ2) is 11.0. The fourth-order valence-electron chi connectivity index (χ4n) is 2.34. The Morgan fingerprint density at radius 1 is 0.842 bits per heavy atom. The maximum absolute atomic E-state index is 2.28. The number of nitrogens with zero attached hydrogens (tertiary/aromatic N) is 1. The van der Waals surface area contributed by atoms with Gasteiger partial charge in [-0.25, -0.2) is 0 Å². The standard InChI is InChI=1S/C17H29N.H2O/c1-16-12-9-10-14-17(16)13-8-6-4-5-7-11-15-18(2)3;/h9-10,12,14H,4-8,11,13,15H2,1-3H3;1H2. The summed E-state index contributed by atoms with van der Waals surface area (Å²) >= 11 is 0. The number of benzene rings is 1. The van der Waals surface area contributed by atoms with Gasteiger partial charge in [-0.05, 0) is 58.0 Å². The molecular formula is C17H31NO. The van der Waals surface area contributed by atoms with Gasteiger partial charge < -0.3 is 10.4 Å². The minimum absolute atomic E-state index is 0. The van der Waals surface area contributed by atoms with E-state index in [1.54, 1.807) is 0 Å². The fourth-order valence-corrected chi connectivity index (χ4v) is 2.34. The monoisotopic (exact) mass is 265 g/mol. The lowest BCUT2D eigenvalue weighted by Crippen LogP contribution is -2.12. The van der Waals surface area contributed by atoms with Crippen molar-refractivity contribution in [1.29, 1.82) is 0 Å². The van der Waals surface area contributed by atoms with E-state index in [1.807, 2.05) is 0 Å². The van der Waals surface area contributed by atoms with Crippen molar-refractivity contribution in [3.05, 3.63) is 35.4 Å². The molecule has 0 aliphatic heterocycles. The predicted octanol–water partition coefficient (Wildman–Crippen LogP) is 3.62. The van der Waals surface area contributed by atoms with Crippen LogP contribution in [-0.4, -0.2) is 31.0 Å². The Hall–Kier alpha value is -0.860. The van der Waals surface area contributed by atoms with Crippen LogP contribution in [0.3, 0.4) is 0 Å². The quantitative estimate of drug-likeness (QED) is 0.628. The molecule has 1 rings (SSSR count). The zero-order valence-electron chi connectivity index (χ0n) is 12.9. The van der Waals surface area contributed by atoms with Gasteiger partial charge in [-0.15, -0.1) is 0 Å². The van der Waals surface area contributed by atoms with Crippen LogP contribution in [0.25, 0.3) is 0 Å². The first-order valence-corrected chi connectivity index (χ1v) is 7.39. The van der Waals surface area contributed by atoms with Crippen LogP contribution in [0.2, 0.25) is 0 Å². The molecule has 0 bridgehead atoms. The van der Waals surface area contributed by atoms with Crippen molar-refractivity contribution in [3.63, 3.8) is 0 Å². The minimum Gasteiger partial charge on any atom is -0.412 e. The highest BCUT2D eigenvalue weighted by Gasteiger charge is 1.97. The van der Waals surface area contributed by atoms with E-state index < -0.39 is 0 Å². The molecule has 0 radical (unpaired) electrons. The van der Waals surface area contributed by atoms with E-state index in [-0.39, 0.29) is 5.48 Å². The Bertz CT molecular complexity index is 323. The maximum Gasteiger partial charge on any atom is -0.00248 e. The molecule has 1 aromatic rings. The Morgan fingerprint density at radius 3 is 2.05 bits per heavy atom. The first kappa shape index (κ1) is 18.1. The van der Waals surface area contributed by atoms with Gasteiger partial charge in [0.15, 0.2) is 0 Å². The average molecular weight is 265 g/mol. The largest absolute Gasteiger partial charge is 0.412 e.